The summed E-state index contributed by atoms with van der Waals surface area (Å²) in [6, 6.07) is 12.1. The molecule has 0 unspecified atom stereocenters. The Labute approximate surface area is 342 Å². The zero-order valence-electron chi connectivity index (χ0n) is 34.5. The van der Waals surface area contributed by atoms with E-state index in [-0.39, 0.29) is 18.5 Å². The third kappa shape index (κ3) is 11.8. The normalized spacial score (nSPS) is 17.8. The van der Waals surface area contributed by atoms with Crippen LogP contribution >= 0.6 is 15.9 Å². The molecule has 0 spiro atoms. The van der Waals surface area contributed by atoms with Gasteiger partial charge in [-0.05, 0) is 65.8 Å². The second-order valence-corrected chi connectivity index (χ2v) is 28.9. The number of esters is 1. The molecule has 0 amide bonds. The summed E-state index contributed by atoms with van der Waals surface area (Å²) in [6.45, 7) is 17.3. The first kappa shape index (κ1) is 44.1. The molecule has 5 rings (SSSR count). The number of hydrogen-bond acceptors (Lipinski definition) is 11. The van der Waals surface area contributed by atoms with Crippen molar-refractivity contribution in [1.29, 1.82) is 0 Å². The van der Waals surface area contributed by atoms with Gasteiger partial charge in [0.25, 0.3) is 0 Å². The summed E-state index contributed by atoms with van der Waals surface area (Å²) >= 11 is 4.04. The first-order valence-corrected chi connectivity index (χ1v) is 27.8. The van der Waals surface area contributed by atoms with Gasteiger partial charge in [0.15, 0.2) is 17.1 Å². The maximum absolute atomic E-state index is 13.5. The molecular formula is C40H61BrN6O7Si2. The van der Waals surface area contributed by atoms with Gasteiger partial charge in [0.05, 0.1) is 48.1 Å². The van der Waals surface area contributed by atoms with Crippen molar-refractivity contribution in [2.75, 3.05) is 72.2 Å². The molecule has 0 radical (unpaired) electrons. The van der Waals surface area contributed by atoms with Gasteiger partial charge in [-0.3, -0.25) is 0 Å². The second-order valence-electron chi connectivity index (χ2n) is 16.9. The highest BCUT2D eigenvalue weighted by atomic mass is 79.9. The molecule has 0 aliphatic heterocycles. The van der Waals surface area contributed by atoms with Gasteiger partial charge < -0.3 is 33.3 Å². The zero-order valence-corrected chi connectivity index (χ0v) is 38.1. The van der Waals surface area contributed by atoms with Crippen LogP contribution in [-0.2, 0) is 33.2 Å². The lowest BCUT2D eigenvalue weighted by atomic mass is 9.77. The van der Waals surface area contributed by atoms with Gasteiger partial charge >= 0.3 is 5.97 Å². The van der Waals surface area contributed by atoms with Crippen molar-refractivity contribution >= 4 is 49.5 Å². The van der Waals surface area contributed by atoms with E-state index < -0.39 is 21.7 Å². The zero-order chi connectivity index (χ0) is 40.3. The summed E-state index contributed by atoms with van der Waals surface area (Å²) in [7, 11) is 0.575. The third-order valence-corrected chi connectivity index (χ3v) is 14.2. The number of methoxy groups -OCH3 is 2. The van der Waals surface area contributed by atoms with Crippen molar-refractivity contribution < 1.29 is 33.2 Å². The second kappa shape index (κ2) is 20.1. The van der Waals surface area contributed by atoms with Gasteiger partial charge in [-0.1, -0.05) is 57.5 Å². The number of anilines is 1. The number of nitrogens with zero attached hydrogens (tertiary/aromatic N) is 6. The molecule has 0 bridgehead atoms. The number of carbonyl (C=O) groups is 1. The summed E-state index contributed by atoms with van der Waals surface area (Å²) < 4.78 is 39.7. The molecule has 1 aliphatic rings. The van der Waals surface area contributed by atoms with E-state index in [0.29, 0.717) is 77.8 Å². The number of hydrogen-bond donors (Lipinski definition) is 0. The van der Waals surface area contributed by atoms with E-state index in [1.165, 1.54) is 0 Å². The fourth-order valence-electron chi connectivity index (χ4n) is 6.61. The summed E-state index contributed by atoms with van der Waals surface area (Å²) in [5.74, 6) is 0.453. The van der Waals surface area contributed by atoms with Crippen molar-refractivity contribution in [2.45, 2.75) is 88.6 Å². The average molecular weight is 874 g/mol. The van der Waals surface area contributed by atoms with Gasteiger partial charge in [-0.15, -0.1) is 0 Å². The topological polar surface area (TPSA) is 124 Å². The molecule has 3 aromatic heterocycles. The Hall–Kier alpha value is -2.97. The van der Waals surface area contributed by atoms with E-state index in [4.69, 9.17) is 38.5 Å². The minimum atomic E-state index is -1.32. The van der Waals surface area contributed by atoms with Crippen molar-refractivity contribution in [2.24, 2.45) is 0 Å². The Morgan fingerprint density at radius 2 is 1.48 bits per heavy atom. The Morgan fingerprint density at radius 3 is 2.09 bits per heavy atom. The molecule has 1 aliphatic carbocycles. The minimum absolute atomic E-state index is 0.0105. The van der Waals surface area contributed by atoms with Crippen molar-refractivity contribution in [3.8, 4) is 16.8 Å². The number of fused-ring (bicyclic) bond motifs is 1. The van der Waals surface area contributed by atoms with Gasteiger partial charge in [0.2, 0.25) is 0 Å². The summed E-state index contributed by atoms with van der Waals surface area (Å²) in [4.78, 5) is 21.0. The lowest BCUT2D eigenvalue weighted by molar-refractivity contribution is -0.181. The van der Waals surface area contributed by atoms with Crippen LogP contribution in [0.4, 0.5) is 5.82 Å². The highest BCUT2D eigenvalue weighted by molar-refractivity contribution is 9.10. The van der Waals surface area contributed by atoms with E-state index >= 15 is 0 Å². The van der Waals surface area contributed by atoms with Crippen LogP contribution in [0.5, 0.6) is 0 Å². The molecule has 0 saturated heterocycles. The molecule has 16 heteroatoms. The van der Waals surface area contributed by atoms with Crippen LogP contribution in [-0.4, -0.2) is 119 Å². The lowest BCUT2D eigenvalue weighted by Crippen LogP contribution is -2.46. The molecule has 0 atom stereocenters. The van der Waals surface area contributed by atoms with Crippen LogP contribution in [0.25, 0.3) is 22.5 Å². The first-order valence-electron chi connectivity index (χ1n) is 19.6. The van der Waals surface area contributed by atoms with Gasteiger partial charge in [0.1, 0.15) is 20.1 Å². The number of rotatable bonds is 22. The van der Waals surface area contributed by atoms with Gasteiger partial charge in [-0.2, -0.15) is 14.7 Å². The summed E-state index contributed by atoms with van der Waals surface area (Å²) in [5.41, 5.74) is 3.23. The van der Waals surface area contributed by atoms with Crippen molar-refractivity contribution in [3.63, 3.8) is 0 Å². The molecule has 1 aromatic carbocycles. The highest BCUT2D eigenvalue weighted by Gasteiger charge is 2.45. The Kier molecular flexibility index (Phi) is 15.9. The van der Waals surface area contributed by atoms with Crippen LogP contribution in [0, 0.1) is 0 Å². The number of ether oxygens (including phenoxy) is 6. The average Bonchev–Trinajstić information content (AvgIpc) is 3.82. The number of para-hydroxylation sites is 1. The molecule has 4 aromatic rings. The van der Waals surface area contributed by atoms with E-state index in [1.54, 1.807) is 14.2 Å². The quantitative estimate of drug-likeness (QED) is 0.0330. The van der Waals surface area contributed by atoms with Gasteiger partial charge in [0, 0.05) is 66.8 Å². The third-order valence-electron chi connectivity index (χ3n) is 10.0. The molecule has 1 saturated carbocycles. The smallest absolute Gasteiger partial charge is 0.338 e. The van der Waals surface area contributed by atoms with Gasteiger partial charge in [-0.25, -0.2) is 14.5 Å². The predicted octanol–water partition coefficient (Wildman–Crippen LogP) is 8.02. The van der Waals surface area contributed by atoms with E-state index in [0.717, 1.165) is 44.9 Å². The fraction of sp³-hybridized carbons (Fsp3) is 0.600. The monoisotopic (exact) mass is 872 g/mol. The van der Waals surface area contributed by atoms with E-state index in [2.05, 4.69) is 65.2 Å². The highest BCUT2D eigenvalue weighted by Crippen LogP contribution is 2.45. The van der Waals surface area contributed by atoms with Crippen LogP contribution < -0.4 is 4.90 Å². The number of aromatic nitrogens is 5. The Morgan fingerprint density at radius 1 is 0.857 bits per heavy atom. The Bertz CT molecular complexity index is 1820. The molecule has 1 fully saturated rings. The molecular weight excluding hydrogens is 813 g/mol. The fourth-order valence-corrected chi connectivity index (χ4v) is 8.95. The van der Waals surface area contributed by atoms with E-state index in [1.807, 2.05) is 58.1 Å². The molecule has 308 valence electrons. The molecule has 0 N–H and O–H groups in total. The van der Waals surface area contributed by atoms with Crippen molar-refractivity contribution in [3.05, 3.63) is 59.1 Å². The first-order chi connectivity index (χ1) is 26.7. The molecule has 56 heavy (non-hydrogen) atoms. The van der Waals surface area contributed by atoms with Crippen LogP contribution in [0.1, 0.15) is 37.3 Å². The van der Waals surface area contributed by atoms with Crippen molar-refractivity contribution in [1.82, 2.24) is 24.4 Å². The van der Waals surface area contributed by atoms with Crippen LogP contribution in [0.15, 0.2) is 53.4 Å². The number of carbonyl (C=O) groups excluding carboxylic acids is 1. The predicted molar refractivity (Wildman–Crippen MR) is 228 cm³/mol. The standard InChI is InChI=1S/C40H61BrN6O7Si2/c1-49-18-20-53-39(48)40(54-21-19-50-2)16-14-31(15-17-40)36-35(41)38(45(29-51-22-24-55(3,4)5)30-52-23-25-56(6,7)8)47-37(44-36)34(27-43-47)32-26-42-46(28-32)33-12-10-9-11-13-33/h9-13,26-28,31H,14-25,29-30H2,1-8H3. The number of benzene rings is 1. The lowest BCUT2D eigenvalue weighted by Gasteiger charge is -2.38. The Balaban J connectivity index is 1.54. The SMILES string of the molecule is COCCOC(=O)C1(OCCOC)CCC(c2nc3c(-c4cnn(-c5ccccc5)c4)cnn3c(N(COCC[Si](C)(C)C)COCC[Si](C)(C)C)c2Br)CC1. The van der Waals surface area contributed by atoms with Crippen LogP contribution in [0.2, 0.25) is 51.4 Å². The van der Waals surface area contributed by atoms with E-state index in [9.17, 15) is 4.79 Å². The largest absolute Gasteiger partial charge is 0.461 e. The summed E-state index contributed by atoms with van der Waals surface area (Å²) in [5, 5.41) is 9.64. The summed E-state index contributed by atoms with van der Waals surface area (Å²) in [6.07, 6.45) is 7.97. The van der Waals surface area contributed by atoms with Crippen LogP contribution in [0.3, 0.4) is 0 Å². The maximum atomic E-state index is 13.5. The molecule has 13 nitrogen and oxygen atoms in total. The molecule has 3 heterocycles. The number of halogens is 1. The maximum Gasteiger partial charge on any atom is 0.338 e. The minimum Gasteiger partial charge on any atom is -0.461 e.